The lowest BCUT2D eigenvalue weighted by atomic mass is 10.1. The Morgan fingerprint density at radius 2 is 1.82 bits per heavy atom. The van der Waals surface area contributed by atoms with Crippen LogP contribution < -0.4 is 10.1 Å². The van der Waals surface area contributed by atoms with Crippen molar-refractivity contribution in [3.05, 3.63) is 29.8 Å². The number of carbonyl (C=O) groups is 1. The summed E-state index contributed by atoms with van der Waals surface area (Å²) >= 11 is 0. The van der Waals surface area contributed by atoms with Gasteiger partial charge in [-0.1, -0.05) is 0 Å². The van der Waals surface area contributed by atoms with Crippen molar-refractivity contribution in [3.63, 3.8) is 0 Å². The van der Waals surface area contributed by atoms with Gasteiger partial charge in [0.15, 0.2) is 0 Å². The summed E-state index contributed by atoms with van der Waals surface area (Å²) in [6, 6.07) is 7.69. The molecule has 1 aromatic rings. The molecule has 2 rings (SSSR count). The zero-order valence-corrected chi connectivity index (χ0v) is 10.6. The van der Waals surface area contributed by atoms with Crippen molar-refractivity contribution < 1.29 is 9.53 Å². The third-order valence-electron chi connectivity index (χ3n) is 2.45. The molecule has 3 heteroatoms. The molecule has 0 aliphatic heterocycles. The lowest BCUT2D eigenvalue weighted by Crippen LogP contribution is -2.25. The lowest BCUT2D eigenvalue weighted by Gasteiger charge is -2.21. The number of benzene rings is 1. The van der Waals surface area contributed by atoms with Gasteiger partial charge in [-0.25, -0.2) is 0 Å². The Kier molecular flexibility index (Phi) is 3.09. The van der Waals surface area contributed by atoms with Gasteiger partial charge < -0.3 is 10.1 Å². The Bertz CT molecular complexity index is 399. The predicted octanol–water partition coefficient (Wildman–Crippen LogP) is 2.76. The number of amides is 1. The topological polar surface area (TPSA) is 38.3 Å². The van der Waals surface area contributed by atoms with E-state index >= 15 is 0 Å². The Morgan fingerprint density at radius 3 is 2.29 bits per heavy atom. The Labute approximate surface area is 102 Å². The average molecular weight is 233 g/mol. The van der Waals surface area contributed by atoms with E-state index in [4.69, 9.17) is 4.74 Å². The molecule has 1 aliphatic rings. The molecule has 0 bridgehead atoms. The van der Waals surface area contributed by atoms with E-state index in [9.17, 15) is 4.79 Å². The SMILES string of the molecule is CC(C)(C)Oc1ccc(C(=O)NC2CC2)cc1. The van der Waals surface area contributed by atoms with E-state index in [0.717, 1.165) is 18.6 Å². The molecule has 0 saturated heterocycles. The van der Waals surface area contributed by atoms with E-state index in [1.54, 1.807) is 12.1 Å². The van der Waals surface area contributed by atoms with Gasteiger partial charge in [0.1, 0.15) is 11.4 Å². The van der Waals surface area contributed by atoms with E-state index in [0.29, 0.717) is 11.6 Å². The summed E-state index contributed by atoms with van der Waals surface area (Å²) in [6.07, 6.45) is 2.22. The van der Waals surface area contributed by atoms with Crippen molar-refractivity contribution >= 4 is 5.91 Å². The van der Waals surface area contributed by atoms with Crippen molar-refractivity contribution in [2.75, 3.05) is 0 Å². The number of nitrogens with one attached hydrogen (secondary N) is 1. The molecule has 1 amide bonds. The monoisotopic (exact) mass is 233 g/mol. The molecule has 0 radical (unpaired) electrons. The highest BCUT2D eigenvalue weighted by Crippen LogP contribution is 2.21. The number of hydrogen-bond donors (Lipinski definition) is 1. The van der Waals surface area contributed by atoms with E-state index in [1.165, 1.54) is 0 Å². The molecule has 92 valence electrons. The van der Waals surface area contributed by atoms with Crippen LogP contribution in [-0.4, -0.2) is 17.6 Å². The molecule has 1 aliphatic carbocycles. The third-order valence-corrected chi connectivity index (χ3v) is 2.45. The zero-order chi connectivity index (χ0) is 12.5. The molecular weight excluding hydrogens is 214 g/mol. The molecule has 1 N–H and O–H groups in total. The third kappa shape index (κ3) is 3.77. The van der Waals surface area contributed by atoms with Crippen LogP contribution in [0.5, 0.6) is 5.75 Å². The fourth-order valence-corrected chi connectivity index (χ4v) is 1.52. The summed E-state index contributed by atoms with van der Waals surface area (Å²) in [5, 5.41) is 2.96. The Hall–Kier alpha value is -1.51. The molecule has 17 heavy (non-hydrogen) atoms. The van der Waals surface area contributed by atoms with Crippen molar-refractivity contribution in [3.8, 4) is 5.75 Å². The lowest BCUT2D eigenvalue weighted by molar-refractivity contribution is 0.0951. The molecule has 1 fully saturated rings. The smallest absolute Gasteiger partial charge is 0.251 e. The second-order valence-electron chi connectivity index (χ2n) is 5.49. The van der Waals surface area contributed by atoms with Crippen molar-refractivity contribution in [1.82, 2.24) is 5.32 Å². The quantitative estimate of drug-likeness (QED) is 0.871. The highest BCUT2D eigenvalue weighted by atomic mass is 16.5. The van der Waals surface area contributed by atoms with E-state index in [-0.39, 0.29) is 11.5 Å². The number of rotatable bonds is 3. The minimum Gasteiger partial charge on any atom is -0.488 e. The van der Waals surface area contributed by atoms with Crippen LogP contribution in [0.4, 0.5) is 0 Å². The van der Waals surface area contributed by atoms with Gasteiger partial charge in [-0.15, -0.1) is 0 Å². The summed E-state index contributed by atoms with van der Waals surface area (Å²) in [5.74, 6) is 0.801. The highest BCUT2D eigenvalue weighted by Gasteiger charge is 2.23. The van der Waals surface area contributed by atoms with Gasteiger partial charge >= 0.3 is 0 Å². The van der Waals surface area contributed by atoms with Crippen molar-refractivity contribution in [2.45, 2.75) is 45.3 Å². The van der Waals surface area contributed by atoms with Crippen molar-refractivity contribution in [2.24, 2.45) is 0 Å². The summed E-state index contributed by atoms with van der Waals surface area (Å²) < 4.78 is 5.70. The minimum atomic E-state index is -0.211. The van der Waals surface area contributed by atoms with Crippen LogP contribution in [-0.2, 0) is 0 Å². The number of hydrogen-bond acceptors (Lipinski definition) is 2. The first-order chi connectivity index (χ1) is 7.94. The zero-order valence-electron chi connectivity index (χ0n) is 10.6. The first-order valence-corrected chi connectivity index (χ1v) is 6.04. The summed E-state index contributed by atoms with van der Waals surface area (Å²) in [5.41, 5.74) is 0.482. The van der Waals surface area contributed by atoms with Gasteiger partial charge in [-0.3, -0.25) is 4.79 Å². The molecule has 1 saturated carbocycles. The van der Waals surface area contributed by atoms with Crippen LogP contribution >= 0.6 is 0 Å². The standard InChI is InChI=1S/C14H19NO2/c1-14(2,3)17-12-8-4-10(5-9-12)13(16)15-11-6-7-11/h4-5,8-9,11H,6-7H2,1-3H3,(H,15,16). The first kappa shape index (κ1) is 12.0. The fraction of sp³-hybridized carbons (Fsp3) is 0.500. The van der Waals surface area contributed by atoms with Gasteiger partial charge in [-0.05, 0) is 57.9 Å². The molecule has 0 atom stereocenters. The van der Waals surface area contributed by atoms with E-state index in [2.05, 4.69) is 5.32 Å². The molecule has 0 aromatic heterocycles. The van der Waals surface area contributed by atoms with Gasteiger partial charge in [0.05, 0.1) is 0 Å². The average Bonchev–Trinajstić information content (AvgIpc) is 3.00. The first-order valence-electron chi connectivity index (χ1n) is 6.04. The van der Waals surface area contributed by atoms with Crippen LogP contribution in [0.15, 0.2) is 24.3 Å². The molecule has 3 nitrogen and oxygen atoms in total. The molecule has 0 unspecified atom stereocenters. The highest BCUT2D eigenvalue weighted by molar-refractivity contribution is 5.94. The largest absolute Gasteiger partial charge is 0.488 e. The van der Waals surface area contributed by atoms with Crippen LogP contribution in [0, 0.1) is 0 Å². The summed E-state index contributed by atoms with van der Waals surface area (Å²) in [7, 11) is 0. The maximum atomic E-state index is 11.7. The van der Waals surface area contributed by atoms with E-state index in [1.807, 2.05) is 32.9 Å². The van der Waals surface area contributed by atoms with Crippen LogP contribution in [0.1, 0.15) is 44.0 Å². The second-order valence-corrected chi connectivity index (χ2v) is 5.49. The van der Waals surface area contributed by atoms with Crippen LogP contribution in [0.25, 0.3) is 0 Å². The number of ether oxygens (including phenoxy) is 1. The second kappa shape index (κ2) is 4.40. The molecule has 0 heterocycles. The van der Waals surface area contributed by atoms with Gasteiger partial charge in [0.2, 0.25) is 0 Å². The molecular formula is C14H19NO2. The normalized spacial score (nSPS) is 15.5. The molecule has 1 aromatic carbocycles. The molecule has 0 spiro atoms. The van der Waals surface area contributed by atoms with Gasteiger partial charge in [0.25, 0.3) is 5.91 Å². The summed E-state index contributed by atoms with van der Waals surface area (Å²) in [4.78, 5) is 11.7. The van der Waals surface area contributed by atoms with Crippen LogP contribution in [0.2, 0.25) is 0 Å². The maximum absolute atomic E-state index is 11.7. The predicted molar refractivity (Wildman–Crippen MR) is 67.3 cm³/mol. The van der Waals surface area contributed by atoms with Gasteiger partial charge in [0, 0.05) is 11.6 Å². The van der Waals surface area contributed by atoms with Gasteiger partial charge in [-0.2, -0.15) is 0 Å². The van der Waals surface area contributed by atoms with Crippen LogP contribution in [0.3, 0.4) is 0 Å². The number of carbonyl (C=O) groups excluding carboxylic acids is 1. The van der Waals surface area contributed by atoms with E-state index < -0.39 is 0 Å². The minimum absolute atomic E-state index is 0.00908. The Morgan fingerprint density at radius 1 is 1.24 bits per heavy atom. The Balaban J connectivity index is 1.99. The maximum Gasteiger partial charge on any atom is 0.251 e. The fourth-order valence-electron chi connectivity index (χ4n) is 1.52. The van der Waals surface area contributed by atoms with Crippen molar-refractivity contribution in [1.29, 1.82) is 0 Å². The summed E-state index contributed by atoms with van der Waals surface area (Å²) in [6.45, 7) is 6.00.